The Hall–Kier alpha value is -7.35. The predicted molar refractivity (Wildman–Crippen MR) is 452 cm³/mol. The second kappa shape index (κ2) is 62.8. The summed E-state index contributed by atoms with van der Waals surface area (Å²) in [7, 11) is 0.0796. The molecule has 43 nitrogen and oxygen atoms in total. The number of carbonyl (C=O) groups is 5. The number of fused-ring (bicyclic) bond motifs is 1. The fraction of sp³-hybridized carbons (Fsp3) is 0.671. The molecule has 1 aliphatic heterocycles. The van der Waals surface area contributed by atoms with E-state index in [0.29, 0.717) is 240 Å². The predicted octanol–water partition coefficient (Wildman–Crippen LogP) is 3.17. The molecule has 10 atom stereocenters. The molecule has 0 spiro atoms. The molecule has 0 radical (unpaired) electrons. The number of aliphatic hydroxyl groups excluding tert-OH is 1. The summed E-state index contributed by atoms with van der Waals surface area (Å²) in [6, 6.07) is 12.5. The first-order valence-corrected chi connectivity index (χ1v) is 44.9. The van der Waals surface area contributed by atoms with Crippen LogP contribution >= 0.6 is 15.4 Å². The zero-order valence-corrected chi connectivity index (χ0v) is 74.0. The number of aliphatic hydroxyl groups is 1. The number of aromatic nitrogens is 6. The number of aromatic amines is 1. The standard InChI is InChI=1S/C79H122N12O31P2S/c1-57(2)67(86-65(92)16-19-101-21-23-103-25-27-105-29-31-107-33-35-109-37-39-111-41-43-113-45-47-115-49-50-116-48-46-114-44-42-112-40-38-110-36-34-108-32-30-106-28-26-104-24-22-102-20-17-80)74(96)84-58(3)72(94)85-62-12-9-59(10-13-62)53-117-79(98)90(4)52-61-7-5-6-8-64(61)73(95)88-78-87-71-68(75(97)89-78)83-56-91(71)76-70(69(93)77(120-76)121-123-99)122-124(100,125)118-54-60-11-14-63(51-60)119-66-15-18-81-55-82-66/h5-10,12-13,15,18,55-58,60,63,67,69-70,76-77,93,123H,11,14,16-17,19-54,80H2,1-4H3,(H5-,84,85,86,87,88,89,92,94,95,96,97,100,125)/p+1/t58-,60+,63-,67-,69-,70+,76+,77+,124?/m0/s1. The highest BCUT2D eigenvalue weighted by Crippen LogP contribution is 2.51. The molecule has 2 aromatic carbocycles. The van der Waals surface area contributed by atoms with Crippen LogP contribution in [0.3, 0.4) is 0 Å². The van der Waals surface area contributed by atoms with Gasteiger partial charge in [0, 0.05) is 50.1 Å². The number of amides is 5. The van der Waals surface area contributed by atoms with E-state index in [0.717, 1.165) is 6.33 Å². The van der Waals surface area contributed by atoms with Gasteiger partial charge in [-0.3, -0.25) is 43.4 Å². The van der Waals surface area contributed by atoms with Crippen molar-refractivity contribution in [1.29, 1.82) is 0 Å². The Morgan fingerprint density at radius 3 is 1.65 bits per heavy atom. The molecule has 5 amide bonds. The third-order valence-electron chi connectivity index (χ3n) is 18.2. The molecular weight excluding hydrogens is 1710 g/mol. The maximum absolute atomic E-state index is 14.0. The van der Waals surface area contributed by atoms with Crippen molar-refractivity contribution in [3.63, 3.8) is 0 Å². The van der Waals surface area contributed by atoms with Crippen LogP contribution in [0, 0.1) is 11.8 Å². The van der Waals surface area contributed by atoms with Gasteiger partial charge in [-0.15, -0.1) is 4.52 Å². The second-order valence-corrected chi connectivity index (χ2v) is 31.4. The first-order valence-electron chi connectivity index (χ1n) is 41.4. The Labute approximate surface area is 732 Å². The van der Waals surface area contributed by atoms with Crippen molar-refractivity contribution in [1.82, 2.24) is 45.0 Å². The molecule has 3 aromatic heterocycles. The molecule has 2 fully saturated rings. The number of H-pyrrole nitrogens is 1. The minimum Gasteiger partial charge on any atom is -0.474 e. The van der Waals surface area contributed by atoms with E-state index >= 15 is 0 Å². The zero-order valence-electron chi connectivity index (χ0n) is 71.3. The number of nitrogens with zero attached hydrogens (tertiary/aromatic N) is 6. The summed E-state index contributed by atoms with van der Waals surface area (Å²) in [5, 5.41) is 22.0. The van der Waals surface area contributed by atoms with Crippen LogP contribution in [-0.4, -0.2) is 342 Å². The number of nitrogens with two attached hydrogens (primary N) is 1. The quantitative estimate of drug-likeness (QED) is 0.0205. The number of rotatable bonds is 72. The van der Waals surface area contributed by atoms with E-state index in [1.54, 1.807) is 68.6 Å². The Morgan fingerprint density at radius 1 is 0.656 bits per heavy atom. The lowest BCUT2D eigenvalue weighted by atomic mass is 10.0. The summed E-state index contributed by atoms with van der Waals surface area (Å²) in [6.45, 7) is 14.9. The van der Waals surface area contributed by atoms with Crippen LogP contribution in [0.4, 0.5) is 16.4 Å². The SMILES string of the molecule is CC(C)[C@H](NC(=O)CCOCCOCCOCCOCCOCCOCCOCCOCCOCCOCCOCCOCCOCCOCCOCCOCCN)C(=O)N[C@@H](C)C(=O)Nc1ccc(COC(=O)N(C)Cc2ccccc2C(=O)Nc2nc3c(ncn3[C@@H]3O[C@H](O[PH+]=O)[C@@H](O)[C@H]3OP(O)(=S)OC[C@@H]3CC[C@H](Oc4ccncn4)C3)c(=O)[nH]2)cc1. The number of hydrogen-bond acceptors (Lipinski definition) is 36. The van der Waals surface area contributed by atoms with Gasteiger partial charge in [0.15, 0.2) is 17.4 Å². The lowest BCUT2D eigenvalue weighted by molar-refractivity contribution is -0.132. The molecule has 5 aromatic rings. The molecule has 125 heavy (non-hydrogen) atoms. The maximum Gasteiger partial charge on any atom is 0.496 e. The normalized spacial score (nSPS) is 17.4. The molecule has 1 aliphatic carbocycles. The topological polar surface area (TPSA) is 513 Å². The monoisotopic (exact) mass is 1830 g/mol. The maximum atomic E-state index is 14.0. The molecule has 2 aliphatic rings. The Bertz CT molecular complexity index is 3960. The van der Waals surface area contributed by atoms with Gasteiger partial charge >= 0.3 is 21.5 Å². The van der Waals surface area contributed by atoms with Crippen LogP contribution in [0.1, 0.15) is 74.2 Å². The number of anilines is 2. The summed E-state index contributed by atoms with van der Waals surface area (Å²) in [5.74, 6) is -2.56. The third-order valence-corrected chi connectivity index (χ3v) is 20.1. The van der Waals surface area contributed by atoms with Gasteiger partial charge < -0.3 is 131 Å². The summed E-state index contributed by atoms with van der Waals surface area (Å²) in [5.41, 5.74) is 5.59. The van der Waals surface area contributed by atoms with Crippen molar-refractivity contribution in [2.45, 2.75) is 103 Å². The number of nitrogens with one attached hydrogen (secondary N) is 5. The van der Waals surface area contributed by atoms with Crippen molar-refractivity contribution in [3.05, 3.63) is 100 Å². The van der Waals surface area contributed by atoms with Crippen LogP contribution in [-0.2, 0) is 143 Å². The van der Waals surface area contributed by atoms with E-state index in [9.17, 15) is 43.3 Å². The first-order chi connectivity index (χ1) is 60.8. The largest absolute Gasteiger partial charge is 0.496 e. The van der Waals surface area contributed by atoms with E-state index in [4.69, 9.17) is 121 Å². The third kappa shape index (κ3) is 42.6. The molecule has 9 N–H and O–H groups in total. The molecule has 4 heterocycles. The molecule has 2 unspecified atom stereocenters. The Kier molecular flexibility index (Phi) is 52.6. The number of imidazole rings is 1. The number of hydrogen-bond donors (Lipinski definition) is 8. The van der Waals surface area contributed by atoms with Crippen molar-refractivity contribution in [2.24, 2.45) is 17.6 Å². The average Bonchev–Trinajstić information content (AvgIpc) is 1.61. The Balaban J connectivity index is 0.645. The fourth-order valence-electron chi connectivity index (χ4n) is 11.8. The van der Waals surface area contributed by atoms with Gasteiger partial charge in [0.2, 0.25) is 35.8 Å². The van der Waals surface area contributed by atoms with Gasteiger partial charge in [-0.2, -0.15) is 4.98 Å². The zero-order chi connectivity index (χ0) is 89.3. The van der Waals surface area contributed by atoms with Crippen LogP contribution in [0.2, 0.25) is 0 Å². The second-order valence-electron chi connectivity index (χ2n) is 28.2. The van der Waals surface area contributed by atoms with E-state index in [-0.39, 0.29) is 86.6 Å². The summed E-state index contributed by atoms with van der Waals surface area (Å²) >= 11 is 5.39. The molecule has 1 saturated carbocycles. The average molecular weight is 1830 g/mol. The fourth-order valence-corrected chi connectivity index (χ4v) is 13.6. The van der Waals surface area contributed by atoms with Crippen molar-refractivity contribution >= 4 is 79.7 Å². The molecule has 7 rings (SSSR count). The van der Waals surface area contributed by atoms with E-state index < -0.39 is 87.5 Å². The smallest absolute Gasteiger partial charge is 0.474 e. The van der Waals surface area contributed by atoms with E-state index in [2.05, 4.69) is 46.2 Å². The van der Waals surface area contributed by atoms with Crippen molar-refractivity contribution < 1.29 is 142 Å². The van der Waals surface area contributed by atoms with Crippen LogP contribution < -0.4 is 37.3 Å². The molecule has 700 valence electrons. The summed E-state index contributed by atoms with van der Waals surface area (Å²) in [6.07, 6.45) is -1.20. The van der Waals surface area contributed by atoms with Gasteiger partial charge in [0.25, 0.3) is 11.5 Å². The minimum atomic E-state index is -4.16. The summed E-state index contributed by atoms with van der Waals surface area (Å²) < 4.78 is 135. The van der Waals surface area contributed by atoms with Gasteiger partial charge in [0.1, 0.15) is 43.3 Å². The minimum absolute atomic E-state index is 0.0108. The van der Waals surface area contributed by atoms with Crippen molar-refractivity contribution in [3.8, 4) is 5.88 Å². The number of ether oxygens (including phenoxy) is 19. The highest BCUT2D eigenvalue weighted by molar-refractivity contribution is 8.07. The van der Waals surface area contributed by atoms with Crippen LogP contribution in [0.5, 0.6) is 5.88 Å². The lowest BCUT2D eigenvalue weighted by Crippen LogP contribution is -2.53. The van der Waals surface area contributed by atoms with Gasteiger partial charge in [-0.1, -0.05) is 44.2 Å². The van der Waals surface area contributed by atoms with Crippen LogP contribution in [0.15, 0.2) is 78.2 Å². The number of benzene rings is 2. The highest BCUT2D eigenvalue weighted by Gasteiger charge is 2.51. The van der Waals surface area contributed by atoms with Gasteiger partial charge in [0.05, 0.1) is 224 Å². The summed E-state index contributed by atoms with van der Waals surface area (Å²) in [4.78, 5) is 112. The molecule has 1 saturated heterocycles. The molecule has 0 bridgehead atoms. The van der Waals surface area contributed by atoms with E-state index in [1.807, 2.05) is 0 Å². The first kappa shape index (κ1) is 105. The molecule has 46 heteroatoms. The lowest BCUT2D eigenvalue weighted by Gasteiger charge is -2.26. The van der Waals surface area contributed by atoms with Gasteiger partial charge in [-0.05, 0) is 83.7 Å². The Morgan fingerprint density at radius 2 is 1.16 bits per heavy atom. The highest BCUT2D eigenvalue weighted by atomic mass is 32.5. The van der Waals surface area contributed by atoms with Gasteiger partial charge in [-0.25, -0.2) is 19.7 Å². The van der Waals surface area contributed by atoms with E-state index in [1.165, 1.54) is 35.8 Å². The molecular formula is C79H123N12O31P2S+. The van der Waals surface area contributed by atoms with Crippen LogP contribution in [0.25, 0.3) is 11.2 Å². The number of carbonyl (C=O) groups excluding carboxylic acids is 5. The van der Waals surface area contributed by atoms with Crippen molar-refractivity contribution in [2.75, 3.05) is 242 Å².